The van der Waals surface area contributed by atoms with Crippen LogP contribution in [0.5, 0.6) is 0 Å². The van der Waals surface area contributed by atoms with E-state index in [1.807, 2.05) is 36.0 Å². The first-order valence-corrected chi connectivity index (χ1v) is 13.5. The fraction of sp³-hybridized carbons (Fsp3) is 0.344. The molecule has 4 aromatic rings. The normalized spacial score (nSPS) is 17.2. The van der Waals surface area contributed by atoms with Gasteiger partial charge in [-0.25, -0.2) is 9.97 Å². The first-order chi connectivity index (χ1) is 18.4. The molecule has 6 nitrogen and oxygen atoms in total. The molecule has 1 aliphatic rings. The van der Waals surface area contributed by atoms with Crippen molar-refractivity contribution in [2.75, 3.05) is 0 Å². The van der Waals surface area contributed by atoms with Gasteiger partial charge in [0.15, 0.2) is 16.5 Å². The van der Waals surface area contributed by atoms with Gasteiger partial charge in [0.1, 0.15) is 5.56 Å². The predicted molar refractivity (Wildman–Crippen MR) is 150 cm³/mol. The van der Waals surface area contributed by atoms with E-state index in [0.29, 0.717) is 23.2 Å². The lowest BCUT2D eigenvalue weighted by atomic mass is 9.77. The Kier molecular flexibility index (Phi) is 7.46. The molecule has 0 unspecified atom stereocenters. The zero-order chi connectivity index (χ0) is 26.6. The van der Waals surface area contributed by atoms with Crippen LogP contribution in [0.1, 0.15) is 68.9 Å². The van der Waals surface area contributed by atoms with E-state index < -0.39 is 5.97 Å². The van der Waals surface area contributed by atoms with E-state index >= 15 is 0 Å². The Hall–Kier alpha value is -4.11. The van der Waals surface area contributed by atoms with E-state index in [9.17, 15) is 9.59 Å². The molecule has 0 bridgehead atoms. The van der Waals surface area contributed by atoms with Gasteiger partial charge in [-0.15, -0.1) is 0 Å². The smallest absolute Gasteiger partial charge is 0.303 e. The fourth-order valence-corrected chi connectivity index (χ4v) is 5.54. The second-order valence-electron chi connectivity index (χ2n) is 10.4. The molecule has 0 aliphatic heterocycles. The number of carboxylic acid groups (broad SMARTS) is 1. The maximum Gasteiger partial charge on any atom is 0.303 e. The van der Waals surface area contributed by atoms with Crippen LogP contribution >= 0.6 is 0 Å². The molecular weight excluding hydrogens is 474 g/mol. The van der Waals surface area contributed by atoms with Gasteiger partial charge < -0.3 is 9.67 Å². The maximum atomic E-state index is 13.2. The SMILES string of the molecule is CCCC#Cc1ccc2[nH+]c(-c3cn(C)c(-c4ccc(C5CCC(CC(=O)O)CC5)cc4)cc3=O)[nH]c2c1. The molecule has 38 heavy (non-hydrogen) atoms. The molecule has 6 heteroatoms. The summed E-state index contributed by atoms with van der Waals surface area (Å²) in [5.74, 6) is 7.12. The Morgan fingerprint density at radius 1 is 1.11 bits per heavy atom. The van der Waals surface area contributed by atoms with Crippen molar-refractivity contribution >= 4 is 17.0 Å². The molecule has 5 rings (SSSR count). The number of aromatic nitrogens is 3. The Bertz CT molecular complexity index is 1580. The van der Waals surface area contributed by atoms with Crippen LogP contribution in [0.15, 0.2) is 59.5 Å². The molecule has 0 saturated heterocycles. The summed E-state index contributed by atoms with van der Waals surface area (Å²) in [6.45, 7) is 2.11. The number of unbranched alkanes of at least 4 members (excludes halogenated alkanes) is 1. The molecule has 2 aromatic heterocycles. The van der Waals surface area contributed by atoms with Crippen LogP contribution in [-0.2, 0) is 11.8 Å². The maximum absolute atomic E-state index is 13.2. The number of H-pyrrole nitrogens is 2. The number of pyridine rings is 1. The molecule has 0 spiro atoms. The number of fused-ring (bicyclic) bond motifs is 1. The van der Waals surface area contributed by atoms with Crippen molar-refractivity contribution in [2.45, 2.75) is 57.8 Å². The van der Waals surface area contributed by atoms with E-state index in [-0.39, 0.29) is 11.8 Å². The number of nitrogens with zero attached hydrogens (tertiary/aromatic N) is 1. The van der Waals surface area contributed by atoms with Gasteiger partial charge in [0.2, 0.25) is 0 Å². The quantitative estimate of drug-likeness (QED) is 0.317. The number of hydrogen-bond donors (Lipinski definition) is 2. The minimum atomic E-state index is -0.696. The summed E-state index contributed by atoms with van der Waals surface area (Å²) in [5, 5.41) is 9.06. The number of imidazole rings is 1. The monoisotopic (exact) mass is 508 g/mol. The third kappa shape index (κ3) is 5.57. The van der Waals surface area contributed by atoms with Crippen molar-refractivity contribution in [3.63, 3.8) is 0 Å². The van der Waals surface area contributed by atoms with Crippen LogP contribution in [0, 0.1) is 17.8 Å². The number of carbonyl (C=O) groups is 1. The summed E-state index contributed by atoms with van der Waals surface area (Å²) in [7, 11) is 1.96. The minimum absolute atomic E-state index is 0.0512. The van der Waals surface area contributed by atoms with Crippen molar-refractivity contribution in [3.8, 4) is 34.5 Å². The van der Waals surface area contributed by atoms with Crippen molar-refractivity contribution < 1.29 is 14.9 Å². The lowest BCUT2D eigenvalue weighted by Gasteiger charge is -2.28. The molecule has 3 N–H and O–H groups in total. The highest BCUT2D eigenvalue weighted by atomic mass is 16.4. The lowest BCUT2D eigenvalue weighted by molar-refractivity contribution is -0.330. The third-order valence-electron chi connectivity index (χ3n) is 7.64. The zero-order valence-electron chi connectivity index (χ0n) is 22.0. The van der Waals surface area contributed by atoms with Gasteiger partial charge in [-0.05, 0) is 67.2 Å². The van der Waals surface area contributed by atoms with E-state index in [0.717, 1.165) is 66.4 Å². The topological polar surface area (TPSA) is 89.2 Å². The highest BCUT2D eigenvalue weighted by molar-refractivity contribution is 5.76. The third-order valence-corrected chi connectivity index (χ3v) is 7.64. The highest BCUT2D eigenvalue weighted by Gasteiger charge is 2.24. The van der Waals surface area contributed by atoms with Crippen molar-refractivity contribution in [1.82, 2.24) is 9.55 Å². The molecule has 2 heterocycles. The molecule has 1 aliphatic carbocycles. The molecule has 0 amide bonds. The van der Waals surface area contributed by atoms with Crippen LogP contribution < -0.4 is 10.4 Å². The number of aromatic amines is 2. The zero-order valence-corrected chi connectivity index (χ0v) is 22.0. The van der Waals surface area contributed by atoms with Gasteiger partial charge in [-0.3, -0.25) is 9.59 Å². The van der Waals surface area contributed by atoms with Gasteiger partial charge in [-0.2, -0.15) is 0 Å². The van der Waals surface area contributed by atoms with Crippen molar-refractivity contribution in [3.05, 3.63) is 76.1 Å². The standard InChI is InChI=1S/C32H33N3O3/c1-3-4-5-6-21-9-16-27-28(17-21)34-32(33-27)26-20-35(2)29(19-30(26)36)25-14-12-24(13-15-25)23-10-7-22(8-11-23)18-31(37)38/h9,12-17,19-20,22-23H,3-4,7-8,10-11,18H2,1-2H3,(H,33,34)(H,37,38)/p+1. The molecule has 2 aromatic carbocycles. The molecule has 0 atom stereocenters. The molecule has 194 valence electrons. The van der Waals surface area contributed by atoms with Gasteiger partial charge in [0.05, 0.1) is 5.69 Å². The number of aryl methyl sites for hydroxylation is 1. The van der Waals surface area contributed by atoms with Crippen LogP contribution in [-0.4, -0.2) is 20.6 Å². The van der Waals surface area contributed by atoms with Crippen molar-refractivity contribution in [2.24, 2.45) is 13.0 Å². The number of rotatable bonds is 6. The minimum Gasteiger partial charge on any atom is -0.481 e. The van der Waals surface area contributed by atoms with E-state index in [1.165, 1.54) is 5.56 Å². The summed E-state index contributed by atoms with van der Waals surface area (Å²) in [6.07, 6.45) is 8.05. The summed E-state index contributed by atoms with van der Waals surface area (Å²) in [6, 6.07) is 16.2. The molecule has 1 fully saturated rings. The number of hydrogen-bond acceptors (Lipinski definition) is 2. The highest BCUT2D eigenvalue weighted by Crippen LogP contribution is 2.37. The molecule has 1 saturated carbocycles. The average molecular weight is 509 g/mol. The Labute approximate surface area is 222 Å². The van der Waals surface area contributed by atoms with E-state index in [4.69, 9.17) is 5.11 Å². The van der Waals surface area contributed by atoms with E-state index in [1.54, 1.807) is 6.07 Å². The number of benzene rings is 2. The lowest BCUT2D eigenvalue weighted by Crippen LogP contribution is -2.16. The average Bonchev–Trinajstić information content (AvgIpc) is 3.33. The number of aliphatic carboxylic acids is 1. The Morgan fingerprint density at radius 2 is 1.87 bits per heavy atom. The summed E-state index contributed by atoms with van der Waals surface area (Å²) in [5.41, 5.74) is 6.48. The van der Waals surface area contributed by atoms with Gasteiger partial charge >= 0.3 is 5.97 Å². The Morgan fingerprint density at radius 3 is 2.58 bits per heavy atom. The predicted octanol–water partition coefficient (Wildman–Crippen LogP) is 5.91. The second-order valence-corrected chi connectivity index (χ2v) is 10.4. The number of carboxylic acids is 1. The fourth-order valence-electron chi connectivity index (χ4n) is 5.54. The summed E-state index contributed by atoms with van der Waals surface area (Å²) < 4.78 is 1.99. The molecule has 0 radical (unpaired) electrons. The largest absolute Gasteiger partial charge is 0.481 e. The molecular formula is C32H34N3O3+. The summed E-state index contributed by atoms with van der Waals surface area (Å²) >= 11 is 0. The second kappa shape index (κ2) is 11.1. The number of nitrogens with one attached hydrogen (secondary N) is 2. The van der Waals surface area contributed by atoms with Crippen LogP contribution in [0.2, 0.25) is 0 Å². The van der Waals surface area contributed by atoms with Crippen LogP contribution in [0.3, 0.4) is 0 Å². The first-order valence-electron chi connectivity index (χ1n) is 13.5. The van der Waals surface area contributed by atoms with E-state index in [2.05, 4.69) is 53.0 Å². The van der Waals surface area contributed by atoms with Crippen molar-refractivity contribution in [1.29, 1.82) is 0 Å². The van der Waals surface area contributed by atoms with Crippen LogP contribution in [0.4, 0.5) is 0 Å². The summed E-state index contributed by atoms with van der Waals surface area (Å²) in [4.78, 5) is 30.9. The first kappa shape index (κ1) is 25.5. The van der Waals surface area contributed by atoms with Crippen LogP contribution in [0.25, 0.3) is 33.7 Å². The van der Waals surface area contributed by atoms with Gasteiger partial charge in [-0.1, -0.05) is 43.0 Å². The van der Waals surface area contributed by atoms with Gasteiger partial charge in [0, 0.05) is 43.8 Å². The van der Waals surface area contributed by atoms with Gasteiger partial charge in [0.25, 0.3) is 5.82 Å². The Balaban J connectivity index is 1.35.